The lowest BCUT2D eigenvalue weighted by Gasteiger charge is -2.16. The summed E-state index contributed by atoms with van der Waals surface area (Å²) in [6, 6.07) is 8.86. The number of hydrogen-bond acceptors (Lipinski definition) is 0. The SMILES string of the molecule is Cc1cccc(CC(CCl)CCC2CCCC2)c1. The van der Waals surface area contributed by atoms with Gasteiger partial charge in [0.05, 0.1) is 0 Å². The van der Waals surface area contributed by atoms with Crippen LogP contribution < -0.4 is 0 Å². The van der Waals surface area contributed by atoms with Gasteiger partial charge in [0, 0.05) is 5.88 Å². The smallest absolute Gasteiger partial charge is 0.0254 e. The van der Waals surface area contributed by atoms with Gasteiger partial charge in [0.2, 0.25) is 0 Å². The van der Waals surface area contributed by atoms with E-state index in [1.807, 2.05) is 0 Å². The van der Waals surface area contributed by atoms with Crippen LogP contribution in [-0.4, -0.2) is 5.88 Å². The number of benzene rings is 1. The number of rotatable bonds is 6. The summed E-state index contributed by atoms with van der Waals surface area (Å²) in [5.41, 5.74) is 2.81. The van der Waals surface area contributed by atoms with E-state index in [1.54, 1.807) is 0 Å². The molecule has 0 amide bonds. The van der Waals surface area contributed by atoms with Crippen molar-refractivity contribution in [3.8, 4) is 0 Å². The number of halogens is 1. The molecule has 1 unspecified atom stereocenters. The van der Waals surface area contributed by atoms with Crippen molar-refractivity contribution in [2.75, 3.05) is 5.88 Å². The molecule has 0 N–H and O–H groups in total. The molecule has 0 bridgehead atoms. The maximum Gasteiger partial charge on any atom is 0.0254 e. The first-order valence-electron chi connectivity index (χ1n) is 7.39. The second-order valence-electron chi connectivity index (χ2n) is 5.94. The zero-order valence-corrected chi connectivity index (χ0v) is 12.3. The van der Waals surface area contributed by atoms with E-state index in [4.69, 9.17) is 11.6 Å². The van der Waals surface area contributed by atoms with E-state index in [0.717, 1.165) is 18.2 Å². The Morgan fingerprint density at radius 1 is 1.28 bits per heavy atom. The fourth-order valence-corrected chi connectivity index (χ4v) is 3.44. The van der Waals surface area contributed by atoms with Gasteiger partial charge >= 0.3 is 0 Å². The molecule has 1 atom stereocenters. The minimum Gasteiger partial charge on any atom is -0.126 e. The third kappa shape index (κ3) is 4.31. The first-order chi connectivity index (χ1) is 8.78. The summed E-state index contributed by atoms with van der Waals surface area (Å²) in [6.45, 7) is 2.16. The summed E-state index contributed by atoms with van der Waals surface area (Å²) in [6.07, 6.45) is 9.67. The van der Waals surface area contributed by atoms with Gasteiger partial charge < -0.3 is 0 Å². The predicted molar refractivity (Wildman–Crippen MR) is 80.3 cm³/mol. The van der Waals surface area contributed by atoms with Crippen molar-refractivity contribution in [3.05, 3.63) is 35.4 Å². The van der Waals surface area contributed by atoms with Gasteiger partial charge in [-0.1, -0.05) is 61.9 Å². The lowest BCUT2D eigenvalue weighted by Crippen LogP contribution is -2.09. The molecule has 1 aromatic carbocycles. The van der Waals surface area contributed by atoms with Crippen molar-refractivity contribution >= 4 is 11.6 Å². The maximum atomic E-state index is 6.14. The molecule has 0 spiro atoms. The molecule has 1 aliphatic carbocycles. The number of alkyl halides is 1. The molecular weight excluding hydrogens is 240 g/mol. The zero-order chi connectivity index (χ0) is 12.8. The molecule has 0 aromatic heterocycles. The van der Waals surface area contributed by atoms with Gasteiger partial charge in [-0.05, 0) is 37.2 Å². The van der Waals surface area contributed by atoms with Crippen LogP contribution >= 0.6 is 11.6 Å². The topological polar surface area (TPSA) is 0 Å². The van der Waals surface area contributed by atoms with E-state index in [0.29, 0.717) is 5.92 Å². The van der Waals surface area contributed by atoms with E-state index >= 15 is 0 Å². The highest BCUT2D eigenvalue weighted by molar-refractivity contribution is 6.18. The number of hydrogen-bond donors (Lipinski definition) is 0. The fourth-order valence-electron chi connectivity index (χ4n) is 3.18. The van der Waals surface area contributed by atoms with Gasteiger partial charge in [0.25, 0.3) is 0 Å². The molecule has 0 aliphatic heterocycles. The Labute approximate surface area is 117 Å². The average Bonchev–Trinajstić information content (AvgIpc) is 2.87. The van der Waals surface area contributed by atoms with Crippen molar-refractivity contribution in [1.82, 2.24) is 0 Å². The van der Waals surface area contributed by atoms with E-state index in [1.165, 1.54) is 49.7 Å². The highest BCUT2D eigenvalue weighted by Gasteiger charge is 2.17. The van der Waals surface area contributed by atoms with Crippen molar-refractivity contribution in [2.24, 2.45) is 11.8 Å². The molecule has 0 saturated heterocycles. The summed E-state index contributed by atoms with van der Waals surface area (Å²) >= 11 is 6.14. The second kappa shape index (κ2) is 7.19. The Morgan fingerprint density at radius 2 is 2.06 bits per heavy atom. The van der Waals surface area contributed by atoms with Crippen LogP contribution in [0, 0.1) is 18.8 Å². The normalized spacial score (nSPS) is 18.1. The maximum absolute atomic E-state index is 6.14. The summed E-state index contributed by atoms with van der Waals surface area (Å²) in [4.78, 5) is 0. The summed E-state index contributed by atoms with van der Waals surface area (Å²) < 4.78 is 0. The van der Waals surface area contributed by atoms with Crippen molar-refractivity contribution in [3.63, 3.8) is 0 Å². The van der Waals surface area contributed by atoms with Crippen LogP contribution in [0.1, 0.15) is 49.7 Å². The number of aryl methyl sites for hydroxylation is 1. The van der Waals surface area contributed by atoms with Crippen LogP contribution in [0.3, 0.4) is 0 Å². The van der Waals surface area contributed by atoms with Crippen molar-refractivity contribution < 1.29 is 0 Å². The van der Waals surface area contributed by atoms with Crippen LogP contribution in [0.2, 0.25) is 0 Å². The Hall–Kier alpha value is -0.490. The summed E-state index contributed by atoms with van der Waals surface area (Å²) in [5.74, 6) is 2.46. The highest BCUT2D eigenvalue weighted by Crippen LogP contribution is 2.30. The van der Waals surface area contributed by atoms with E-state index in [9.17, 15) is 0 Å². The minimum absolute atomic E-state index is 0.661. The molecule has 2 rings (SSSR count). The van der Waals surface area contributed by atoms with E-state index in [-0.39, 0.29) is 0 Å². The second-order valence-corrected chi connectivity index (χ2v) is 6.25. The predicted octanol–water partition coefficient (Wildman–Crippen LogP) is 5.36. The van der Waals surface area contributed by atoms with Gasteiger partial charge in [0.15, 0.2) is 0 Å². The molecular formula is C17H25Cl. The van der Waals surface area contributed by atoms with Gasteiger partial charge in [-0.2, -0.15) is 0 Å². The minimum atomic E-state index is 0.661. The van der Waals surface area contributed by atoms with Crippen LogP contribution in [0.5, 0.6) is 0 Å². The molecule has 1 fully saturated rings. The fraction of sp³-hybridized carbons (Fsp3) is 0.647. The van der Waals surface area contributed by atoms with Crippen molar-refractivity contribution in [1.29, 1.82) is 0 Å². The van der Waals surface area contributed by atoms with Gasteiger partial charge in [-0.3, -0.25) is 0 Å². The average molecular weight is 265 g/mol. The van der Waals surface area contributed by atoms with E-state index in [2.05, 4.69) is 31.2 Å². The molecule has 1 saturated carbocycles. The Kier molecular flexibility index (Phi) is 5.56. The Bertz CT molecular complexity index is 352. The van der Waals surface area contributed by atoms with Crippen LogP contribution in [-0.2, 0) is 6.42 Å². The standard InChI is InChI=1S/C17H25Cl/c1-14-5-4-8-16(11-14)12-17(13-18)10-9-15-6-2-3-7-15/h4-5,8,11,15,17H,2-3,6-7,9-10,12-13H2,1H3. The quantitative estimate of drug-likeness (QED) is 0.607. The molecule has 0 radical (unpaired) electrons. The third-order valence-corrected chi connectivity index (χ3v) is 4.72. The lowest BCUT2D eigenvalue weighted by atomic mass is 9.91. The molecule has 0 nitrogen and oxygen atoms in total. The van der Waals surface area contributed by atoms with Gasteiger partial charge in [-0.15, -0.1) is 11.6 Å². The largest absolute Gasteiger partial charge is 0.126 e. The lowest BCUT2D eigenvalue weighted by molar-refractivity contribution is 0.417. The molecule has 1 heteroatoms. The Balaban J connectivity index is 1.81. The van der Waals surface area contributed by atoms with Crippen LogP contribution in [0.25, 0.3) is 0 Å². The summed E-state index contributed by atoms with van der Waals surface area (Å²) in [5, 5.41) is 0. The first-order valence-corrected chi connectivity index (χ1v) is 7.93. The van der Waals surface area contributed by atoms with Crippen LogP contribution in [0.15, 0.2) is 24.3 Å². The first kappa shape index (κ1) is 13.9. The molecule has 1 aromatic rings. The molecule has 100 valence electrons. The summed E-state index contributed by atoms with van der Waals surface area (Å²) in [7, 11) is 0. The van der Waals surface area contributed by atoms with Gasteiger partial charge in [-0.25, -0.2) is 0 Å². The third-order valence-electron chi connectivity index (χ3n) is 4.28. The van der Waals surface area contributed by atoms with Crippen molar-refractivity contribution in [2.45, 2.75) is 51.9 Å². The van der Waals surface area contributed by atoms with Crippen LogP contribution in [0.4, 0.5) is 0 Å². The Morgan fingerprint density at radius 3 is 2.72 bits per heavy atom. The monoisotopic (exact) mass is 264 g/mol. The van der Waals surface area contributed by atoms with Gasteiger partial charge in [0.1, 0.15) is 0 Å². The molecule has 0 heterocycles. The molecule has 1 aliphatic rings. The molecule has 18 heavy (non-hydrogen) atoms. The zero-order valence-electron chi connectivity index (χ0n) is 11.5. The highest BCUT2D eigenvalue weighted by atomic mass is 35.5. The van der Waals surface area contributed by atoms with E-state index < -0.39 is 0 Å².